The van der Waals surface area contributed by atoms with Gasteiger partial charge in [0.1, 0.15) is 5.76 Å². The first-order chi connectivity index (χ1) is 15.9. The topological polar surface area (TPSA) is 72.5 Å². The predicted molar refractivity (Wildman–Crippen MR) is 130 cm³/mol. The van der Waals surface area contributed by atoms with Crippen LogP contribution in [0.1, 0.15) is 33.8 Å². The van der Waals surface area contributed by atoms with E-state index in [1.807, 2.05) is 18.2 Å². The van der Waals surface area contributed by atoms with Gasteiger partial charge in [0.2, 0.25) is 0 Å². The SMILES string of the molecule is COC1=CCC(c2ccc(S(=O)(=O)Nc3ccc(Cl)cc3C(=O)c3ccccc3)cc2)C=C1. The lowest BCUT2D eigenvalue weighted by atomic mass is 9.92. The van der Waals surface area contributed by atoms with Gasteiger partial charge >= 0.3 is 0 Å². The van der Waals surface area contributed by atoms with E-state index in [0.29, 0.717) is 10.6 Å². The van der Waals surface area contributed by atoms with Gasteiger partial charge in [-0.15, -0.1) is 0 Å². The van der Waals surface area contributed by atoms with Crippen LogP contribution < -0.4 is 4.72 Å². The summed E-state index contributed by atoms with van der Waals surface area (Å²) < 4.78 is 33.9. The molecule has 3 aromatic rings. The molecule has 1 aliphatic rings. The number of allylic oxidation sites excluding steroid dienone is 3. The van der Waals surface area contributed by atoms with Crippen molar-refractivity contribution in [2.24, 2.45) is 0 Å². The molecule has 1 aliphatic carbocycles. The van der Waals surface area contributed by atoms with Gasteiger partial charge in [0.15, 0.2) is 5.78 Å². The molecule has 0 spiro atoms. The number of rotatable bonds is 7. The van der Waals surface area contributed by atoms with E-state index in [9.17, 15) is 13.2 Å². The molecule has 0 amide bonds. The molecule has 0 heterocycles. The normalized spacial score (nSPS) is 15.6. The molecular formula is C26H22ClNO4S. The standard InChI is InChI=1S/C26H22ClNO4S/c1-32-22-12-7-18(8-13-22)19-9-14-23(15-10-19)33(30,31)28-25-16-11-21(27)17-24(25)26(29)20-5-3-2-4-6-20/h2-7,9-18,28H,8H2,1H3. The molecule has 1 unspecified atom stereocenters. The highest BCUT2D eigenvalue weighted by molar-refractivity contribution is 7.92. The molecule has 7 heteroatoms. The molecule has 0 fully saturated rings. The summed E-state index contributed by atoms with van der Waals surface area (Å²) in [5, 5.41) is 0.341. The number of sulfonamides is 1. The van der Waals surface area contributed by atoms with Crippen molar-refractivity contribution < 1.29 is 17.9 Å². The molecule has 0 aromatic heterocycles. The maximum absolute atomic E-state index is 13.1. The number of hydrogen-bond donors (Lipinski definition) is 1. The molecule has 0 aliphatic heterocycles. The second kappa shape index (κ2) is 9.65. The number of methoxy groups -OCH3 is 1. The summed E-state index contributed by atoms with van der Waals surface area (Å²) in [6.45, 7) is 0. The van der Waals surface area contributed by atoms with Crippen molar-refractivity contribution in [3.8, 4) is 0 Å². The monoisotopic (exact) mass is 479 g/mol. The third kappa shape index (κ3) is 5.18. The van der Waals surface area contributed by atoms with Gasteiger partial charge < -0.3 is 4.74 Å². The van der Waals surface area contributed by atoms with Crippen molar-refractivity contribution in [3.63, 3.8) is 0 Å². The van der Waals surface area contributed by atoms with Crippen LogP contribution in [0, 0.1) is 0 Å². The van der Waals surface area contributed by atoms with Crippen LogP contribution in [0.3, 0.4) is 0 Å². The average molecular weight is 480 g/mol. The Morgan fingerprint density at radius 2 is 1.76 bits per heavy atom. The second-order valence-corrected chi connectivity index (χ2v) is 9.69. The van der Waals surface area contributed by atoms with E-state index in [1.165, 1.54) is 12.1 Å². The minimum atomic E-state index is -3.92. The zero-order chi connectivity index (χ0) is 23.4. The van der Waals surface area contributed by atoms with E-state index in [4.69, 9.17) is 16.3 Å². The predicted octanol–water partition coefficient (Wildman–Crippen LogP) is 5.95. The number of ketones is 1. The highest BCUT2D eigenvalue weighted by Crippen LogP contribution is 2.29. The Hall–Kier alpha value is -3.35. The number of ether oxygens (including phenoxy) is 1. The fourth-order valence-corrected chi connectivity index (χ4v) is 4.89. The van der Waals surface area contributed by atoms with Crippen LogP contribution in [0.2, 0.25) is 5.02 Å². The van der Waals surface area contributed by atoms with Gasteiger partial charge in [-0.25, -0.2) is 8.42 Å². The third-order valence-electron chi connectivity index (χ3n) is 5.43. The Morgan fingerprint density at radius 1 is 1.03 bits per heavy atom. The molecule has 0 radical (unpaired) electrons. The molecule has 0 saturated heterocycles. The van der Waals surface area contributed by atoms with Crippen LogP contribution in [0.15, 0.2) is 102 Å². The fraction of sp³-hybridized carbons (Fsp3) is 0.115. The summed E-state index contributed by atoms with van der Waals surface area (Å²) in [6.07, 6.45) is 6.73. The van der Waals surface area contributed by atoms with Crippen molar-refractivity contribution in [3.05, 3.63) is 118 Å². The number of anilines is 1. The largest absolute Gasteiger partial charge is 0.497 e. The lowest BCUT2D eigenvalue weighted by molar-refractivity contribution is 0.103. The zero-order valence-corrected chi connectivity index (χ0v) is 19.4. The first-order valence-corrected chi connectivity index (χ1v) is 12.2. The number of hydrogen-bond acceptors (Lipinski definition) is 4. The Balaban J connectivity index is 1.58. The lowest BCUT2D eigenvalue weighted by Gasteiger charge is -2.17. The maximum Gasteiger partial charge on any atom is 0.261 e. The third-order valence-corrected chi connectivity index (χ3v) is 7.04. The van der Waals surface area contributed by atoms with Crippen molar-refractivity contribution >= 4 is 33.1 Å². The average Bonchev–Trinajstić information content (AvgIpc) is 2.85. The molecule has 168 valence electrons. The lowest BCUT2D eigenvalue weighted by Crippen LogP contribution is -2.16. The summed E-state index contributed by atoms with van der Waals surface area (Å²) in [5.74, 6) is 0.650. The van der Waals surface area contributed by atoms with Gasteiger partial charge in [-0.1, -0.05) is 60.1 Å². The minimum absolute atomic E-state index is 0.104. The molecule has 4 rings (SSSR count). The van der Waals surface area contributed by atoms with Crippen molar-refractivity contribution in [1.29, 1.82) is 0 Å². The molecule has 5 nitrogen and oxygen atoms in total. The highest BCUT2D eigenvalue weighted by atomic mass is 35.5. The van der Waals surface area contributed by atoms with E-state index in [1.54, 1.807) is 67.8 Å². The van der Waals surface area contributed by atoms with Crippen LogP contribution >= 0.6 is 11.6 Å². The molecule has 3 aromatic carbocycles. The van der Waals surface area contributed by atoms with E-state index in [0.717, 1.165) is 17.7 Å². The van der Waals surface area contributed by atoms with Gasteiger partial charge in [-0.05, 0) is 54.5 Å². The van der Waals surface area contributed by atoms with Crippen LogP contribution in [0.25, 0.3) is 0 Å². The first-order valence-electron chi connectivity index (χ1n) is 10.3. The van der Waals surface area contributed by atoms with Crippen molar-refractivity contribution in [2.75, 3.05) is 11.8 Å². The van der Waals surface area contributed by atoms with Gasteiger partial charge in [-0.3, -0.25) is 9.52 Å². The number of benzene rings is 3. The maximum atomic E-state index is 13.1. The van der Waals surface area contributed by atoms with Crippen molar-refractivity contribution in [2.45, 2.75) is 17.2 Å². The Bertz CT molecular complexity index is 1330. The molecule has 0 saturated carbocycles. The molecular weight excluding hydrogens is 458 g/mol. The number of nitrogens with one attached hydrogen (secondary N) is 1. The molecule has 0 bridgehead atoms. The summed E-state index contributed by atoms with van der Waals surface area (Å²) in [7, 11) is -2.29. The van der Waals surface area contributed by atoms with E-state index in [2.05, 4.69) is 4.72 Å². The quantitative estimate of drug-likeness (QED) is 0.425. The molecule has 33 heavy (non-hydrogen) atoms. The summed E-state index contributed by atoms with van der Waals surface area (Å²) >= 11 is 6.10. The summed E-state index contributed by atoms with van der Waals surface area (Å²) in [6, 6.07) is 19.9. The van der Waals surface area contributed by atoms with Gasteiger partial charge in [0, 0.05) is 22.1 Å². The van der Waals surface area contributed by atoms with E-state index in [-0.39, 0.29) is 27.8 Å². The van der Waals surface area contributed by atoms with Crippen molar-refractivity contribution in [1.82, 2.24) is 0 Å². The van der Waals surface area contributed by atoms with Crippen LogP contribution in [-0.4, -0.2) is 21.3 Å². The Labute approximate surface area is 198 Å². The van der Waals surface area contributed by atoms with Crippen LogP contribution in [-0.2, 0) is 14.8 Å². The number of carbonyl (C=O) groups is 1. The van der Waals surface area contributed by atoms with Crippen LogP contribution in [0.5, 0.6) is 0 Å². The minimum Gasteiger partial charge on any atom is -0.497 e. The molecule has 1 N–H and O–H groups in total. The summed E-state index contributed by atoms with van der Waals surface area (Å²) in [5.41, 5.74) is 1.80. The first kappa shape index (κ1) is 22.8. The zero-order valence-electron chi connectivity index (χ0n) is 17.9. The van der Waals surface area contributed by atoms with E-state index >= 15 is 0 Å². The van der Waals surface area contributed by atoms with Gasteiger partial charge in [-0.2, -0.15) is 0 Å². The number of carbonyl (C=O) groups excluding carboxylic acids is 1. The smallest absolute Gasteiger partial charge is 0.261 e. The van der Waals surface area contributed by atoms with E-state index < -0.39 is 10.0 Å². The van der Waals surface area contributed by atoms with Gasteiger partial charge in [0.05, 0.1) is 17.7 Å². The van der Waals surface area contributed by atoms with Gasteiger partial charge in [0.25, 0.3) is 10.0 Å². The Kier molecular flexibility index (Phi) is 6.67. The van der Waals surface area contributed by atoms with Crippen LogP contribution in [0.4, 0.5) is 5.69 Å². The number of halogens is 1. The highest BCUT2D eigenvalue weighted by Gasteiger charge is 2.21. The second-order valence-electron chi connectivity index (χ2n) is 7.57. The summed E-state index contributed by atoms with van der Waals surface area (Å²) in [4.78, 5) is 13.1. The Morgan fingerprint density at radius 3 is 2.39 bits per heavy atom. The fourth-order valence-electron chi connectivity index (χ4n) is 3.64. The molecule has 1 atom stereocenters.